The Morgan fingerprint density at radius 2 is 1.96 bits per heavy atom. The molecule has 1 aromatic heterocycles. The summed E-state index contributed by atoms with van der Waals surface area (Å²) in [6.45, 7) is 2.40. The van der Waals surface area contributed by atoms with Crippen molar-refractivity contribution in [1.29, 1.82) is 0 Å². The number of benzene rings is 1. The van der Waals surface area contributed by atoms with Gasteiger partial charge in [-0.1, -0.05) is 13.0 Å². The van der Waals surface area contributed by atoms with E-state index < -0.39 is 9.84 Å². The van der Waals surface area contributed by atoms with E-state index in [9.17, 15) is 13.2 Å². The van der Waals surface area contributed by atoms with Crippen molar-refractivity contribution in [2.45, 2.75) is 24.8 Å². The number of aryl methyl sites for hydroxylation is 1. The number of rotatable bonds is 7. The molecule has 1 amide bonds. The normalized spacial score (nSPS) is 11.2. The average molecular weight is 353 g/mol. The van der Waals surface area contributed by atoms with Crippen LogP contribution in [0.3, 0.4) is 0 Å². The van der Waals surface area contributed by atoms with Crippen molar-refractivity contribution in [3.05, 3.63) is 46.2 Å². The first kappa shape index (κ1) is 17.5. The second-order valence-corrected chi connectivity index (χ2v) is 8.30. The number of carbonyl (C=O) groups excluding carboxylic acids is 1. The van der Waals surface area contributed by atoms with Crippen molar-refractivity contribution in [3.8, 4) is 5.75 Å². The molecule has 0 bridgehead atoms. The molecule has 0 fully saturated rings. The van der Waals surface area contributed by atoms with Crippen molar-refractivity contribution >= 4 is 27.1 Å². The molecule has 23 heavy (non-hydrogen) atoms. The van der Waals surface area contributed by atoms with Crippen LogP contribution in [0.1, 0.15) is 16.7 Å². The summed E-state index contributed by atoms with van der Waals surface area (Å²) in [7, 11) is -3.29. The highest BCUT2D eigenvalue weighted by atomic mass is 32.2. The van der Waals surface area contributed by atoms with E-state index in [1.54, 1.807) is 23.5 Å². The lowest BCUT2D eigenvalue weighted by Gasteiger charge is -2.08. The Balaban J connectivity index is 1.84. The number of ether oxygens (including phenoxy) is 1. The molecule has 124 valence electrons. The zero-order valence-corrected chi connectivity index (χ0v) is 14.7. The summed E-state index contributed by atoms with van der Waals surface area (Å²) >= 11 is 1.67. The van der Waals surface area contributed by atoms with Crippen LogP contribution in [0.25, 0.3) is 0 Å². The number of sulfone groups is 1. The van der Waals surface area contributed by atoms with Crippen LogP contribution < -0.4 is 10.1 Å². The van der Waals surface area contributed by atoms with E-state index in [0.717, 1.165) is 17.6 Å². The molecule has 7 heteroatoms. The minimum Gasteiger partial charge on any atom is -0.484 e. The van der Waals surface area contributed by atoms with Crippen molar-refractivity contribution < 1.29 is 17.9 Å². The summed E-state index contributed by atoms with van der Waals surface area (Å²) in [6.07, 6.45) is 2.11. The highest BCUT2D eigenvalue weighted by molar-refractivity contribution is 7.90. The van der Waals surface area contributed by atoms with Crippen LogP contribution in [0.4, 0.5) is 0 Å². The van der Waals surface area contributed by atoms with Gasteiger partial charge in [-0.3, -0.25) is 4.79 Å². The van der Waals surface area contributed by atoms with Crippen LogP contribution in [0.2, 0.25) is 0 Å². The number of thiophene rings is 1. The molecular formula is C16H19NO4S2. The first-order valence-corrected chi connectivity index (χ1v) is 9.86. The lowest BCUT2D eigenvalue weighted by Crippen LogP contribution is -2.28. The topological polar surface area (TPSA) is 72.5 Å². The maximum Gasteiger partial charge on any atom is 0.258 e. The van der Waals surface area contributed by atoms with Crippen LogP contribution in [-0.4, -0.2) is 27.2 Å². The van der Waals surface area contributed by atoms with E-state index in [4.69, 9.17) is 4.74 Å². The molecule has 0 atom stereocenters. The fourth-order valence-electron chi connectivity index (χ4n) is 1.89. The van der Waals surface area contributed by atoms with Crippen LogP contribution in [-0.2, 0) is 27.6 Å². The van der Waals surface area contributed by atoms with Gasteiger partial charge < -0.3 is 10.1 Å². The Morgan fingerprint density at radius 1 is 1.22 bits per heavy atom. The minimum atomic E-state index is -3.29. The molecule has 0 saturated carbocycles. The zero-order valence-electron chi connectivity index (χ0n) is 13.0. The molecule has 0 aliphatic carbocycles. The monoisotopic (exact) mass is 353 g/mol. The predicted molar refractivity (Wildman–Crippen MR) is 90.6 cm³/mol. The highest BCUT2D eigenvalue weighted by Crippen LogP contribution is 2.18. The van der Waals surface area contributed by atoms with Gasteiger partial charge in [-0.05, 0) is 36.8 Å². The summed E-state index contributed by atoms with van der Waals surface area (Å²) in [5.41, 5.74) is 0. The number of carbonyl (C=O) groups is 1. The van der Waals surface area contributed by atoms with Crippen LogP contribution in [0.15, 0.2) is 41.3 Å². The fourth-order valence-corrected chi connectivity index (χ4v) is 3.44. The van der Waals surface area contributed by atoms with Crippen LogP contribution in [0, 0.1) is 0 Å². The van der Waals surface area contributed by atoms with Gasteiger partial charge in [0.2, 0.25) is 0 Å². The SMILES string of the molecule is CCc1ccc(CNC(=O)COc2cccc(S(C)(=O)=O)c2)s1. The van der Waals surface area contributed by atoms with Gasteiger partial charge in [0.05, 0.1) is 11.4 Å². The predicted octanol–water partition coefficient (Wildman–Crippen LogP) is 2.41. The lowest BCUT2D eigenvalue weighted by molar-refractivity contribution is -0.123. The van der Waals surface area contributed by atoms with Gasteiger partial charge in [-0.15, -0.1) is 11.3 Å². The third-order valence-electron chi connectivity index (χ3n) is 3.13. The van der Waals surface area contributed by atoms with E-state index in [1.807, 2.05) is 6.07 Å². The number of nitrogens with one attached hydrogen (secondary N) is 1. The maximum absolute atomic E-state index is 11.8. The maximum atomic E-state index is 11.8. The smallest absolute Gasteiger partial charge is 0.258 e. The molecule has 2 rings (SSSR count). The quantitative estimate of drug-likeness (QED) is 0.830. The zero-order chi connectivity index (χ0) is 16.9. The first-order chi connectivity index (χ1) is 10.9. The molecule has 1 aromatic carbocycles. The second kappa shape index (κ2) is 7.61. The van der Waals surface area contributed by atoms with Gasteiger partial charge in [-0.2, -0.15) is 0 Å². The van der Waals surface area contributed by atoms with Gasteiger partial charge in [0, 0.05) is 16.0 Å². The fraction of sp³-hybridized carbons (Fsp3) is 0.312. The number of hydrogen-bond donors (Lipinski definition) is 1. The van der Waals surface area contributed by atoms with Crippen LogP contribution in [0.5, 0.6) is 5.75 Å². The molecular weight excluding hydrogens is 334 g/mol. The van der Waals surface area contributed by atoms with Crippen LogP contribution >= 0.6 is 11.3 Å². The van der Waals surface area contributed by atoms with Crippen molar-refractivity contribution in [2.75, 3.05) is 12.9 Å². The first-order valence-electron chi connectivity index (χ1n) is 7.15. The van der Waals surface area contributed by atoms with Crippen molar-refractivity contribution in [2.24, 2.45) is 0 Å². The third kappa shape index (κ3) is 5.37. The van der Waals surface area contributed by atoms with Gasteiger partial charge in [0.25, 0.3) is 5.91 Å². The van der Waals surface area contributed by atoms with Gasteiger partial charge in [0.1, 0.15) is 5.75 Å². The van der Waals surface area contributed by atoms with E-state index in [-0.39, 0.29) is 17.4 Å². The Kier molecular flexibility index (Phi) is 5.79. The van der Waals surface area contributed by atoms with E-state index in [2.05, 4.69) is 18.3 Å². The third-order valence-corrected chi connectivity index (χ3v) is 5.47. The molecule has 1 heterocycles. The molecule has 0 aliphatic heterocycles. The van der Waals surface area contributed by atoms with E-state index >= 15 is 0 Å². The van der Waals surface area contributed by atoms with Crippen molar-refractivity contribution in [3.63, 3.8) is 0 Å². The molecule has 2 aromatic rings. The van der Waals surface area contributed by atoms with E-state index in [1.165, 1.54) is 17.0 Å². The second-order valence-electron chi connectivity index (χ2n) is 5.03. The summed E-state index contributed by atoms with van der Waals surface area (Å²) in [5, 5.41) is 2.78. The molecule has 0 aliphatic rings. The van der Waals surface area contributed by atoms with Gasteiger partial charge >= 0.3 is 0 Å². The summed E-state index contributed by atoms with van der Waals surface area (Å²) < 4.78 is 28.3. The highest BCUT2D eigenvalue weighted by Gasteiger charge is 2.09. The van der Waals surface area contributed by atoms with Gasteiger partial charge in [-0.25, -0.2) is 8.42 Å². The summed E-state index contributed by atoms with van der Waals surface area (Å²) in [6, 6.07) is 10.2. The molecule has 5 nitrogen and oxygen atoms in total. The average Bonchev–Trinajstić information content (AvgIpc) is 2.98. The van der Waals surface area contributed by atoms with Crippen molar-refractivity contribution in [1.82, 2.24) is 5.32 Å². The Morgan fingerprint density at radius 3 is 2.61 bits per heavy atom. The molecule has 0 radical (unpaired) electrons. The summed E-state index contributed by atoms with van der Waals surface area (Å²) in [5.74, 6) is 0.105. The molecule has 1 N–H and O–H groups in total. The van der Waals surface area contributed by atoms with Gasteiger partial charge in [0.15, 0.2) is 16.4 Å². The Labute approximate surface area is 140 Å². The lowest BCUT2D eigenvalue weighted by atomic mass is 10.3. The molecule has 0 unspecified atom stereocenters. The summed E-state index contributed by atoms with van der Waals surface area (Å²) in [4.78, 5) is 14.3. The Hall–Kier alpha value is -1.86. The van der Waals surface area contributed by atoms with E-state index in [0.29, 0.717) is 12.3 Å². The number of amides is 1. The molecule has 0 saturated heterocycles. The minimum absolute atomic E-state index is 0.154. The number of hydrogen-bond acceptors (Lipinski definition) is 5. The molecule has 0 spiro atoms. The largest absolute Gasteiger partial charge is 0.484 e. The standard InChI is InChI=1S/C16H19NO4S2/c1-3-13-7-8-14(22-13)10-17-16(18)11-21-12-5-4-6-15(9-12)23(2,19)20/h4-9H,3,10-11H2,1-2H3,(H,17,18). The Bertz CT molecular complexity index is 781.